The van der Waals surface area contributed by atoms with E-state index < -0.39 is 28.1 Å². The number of hydroxylamine groups is 1. The number of aliphatic hydroxyl groups excluding tert-OH is 1. The van der Waals surface area contributed by atoms with Crippen molar-refractivity contribution >= 4 is 52.3 Å². The molecule has 2 amide bonds. The molecule has 7 nitrogen and oxygen atoms in total. The van der Waals surface area contributed by atoms with Crippen molar-refractivity contribution in [3.63, 3.8) is 0 Å². The molecular formula is C17H13Cl3N2O5. The second kappa shape index (κ2) is 7.92. The van der Waals surface area contributed by atoms with Gasteiger partial charge in [-0.2, -0.15) is 5.06 Å². The van der Waals surface area contributed by atoms with Gasteiger partial charge in [0.25, 0.3) is 12.2 Å². The van der Waals surface area contributed by atoms with Gasteiger partial charge >= 0.3 is 5.91 Å². The topological polar surface area (TPSA) is 88.1 Å². The molecule has 1 heterocycles. The molecule has 1 aliphatic rings. The lowest BCUT2D eigenvalue weighted by Crippen LogP contribution is -2.54. The standard InChI is InChI=1S/C17H13Cl3N2O5/c18-17(19,20)16(21-13(23)10-6-2-1-3-7-10)27-22-11-8-4-5-9-12(11)26-15(25)14(22)24/h1-9,15-16,25H,(H,21,23)/t15-,16+/m0/s1. The number of ether oxygens (including phenoxy) is 1. The highest BCUT2D eigenvalue weighted by atomic mass is 35.6. The SMILES string of the molecule is O=C(N[C@H](ON1C(=O)[C@@H](O)Oc2ccccc21)C(Cl)(Cl)Cl)c1ccccc1. The number of halogens is 3. The molecule has 27 heavy (non-hydrogen) atoms. The van der Waals surface area contributed by atoms with E-state index in [0.29, 0.717) is 5.56 Å². The average molecular weight is 432 g/mol. The minimum atomic E-state index is -2.12. The second-order valence-electron chi connectivity index (χ2n) is 5.44. The third kappa shape index (κ3) is 4.45. The summed E-state index contributed by atoms with van der Waals surface area (Å²) >= 11 is 17.8. The molecule has 0 aromatic heterocycles. The van der Waals surface area contributed by atoms with Crippen molar-refractivity contribution in [1.82, 2.24) is 5.32 Å². The molecule has 0 aliphatic carbocycles. The Balaban J connectivity index is 1.87. The number of nitrogens with zero attached hydrogens (tertiary/aromatic N) is 1. The summed E-state index contributed by atoms with van der Waals surface area (Å²) in [6.07, 6.45) is -3.35. The van der Waals surface area contributed by atoms with Gasteiger partial charge in [-0.1, -0.05) is 65.1 Å². The number of carbonyl (C=O) groups excluding carboxylic acids is 2. The van der Waals surface area contributed by atoms with Crippen molar-refractivity contribution in [1.29, 1.82) is 0 Å². The minimum absolute atomic E-state index is 0.181. The molecule has 3 rings (SSSR count). The number of fused-ring (bicyclic) bond motifs is 1. The predicted molar refractivity (Wildman–Crippen MR) is 99.6 cm³/mol. The lowest BCUT2D eigenvalue weighted by atomic mass is 10.2. The van der Waals surface area contributed by atoms with Crippen LogP contribution in [0, 0.1) is 0 Å². The third-order valence-corrected chi connectivity index (χ3v) is 4.13. The van der Waals surface area contributed by atoms with Crippen LogP contribution in [0.25, 0.3) is 0 Å². The zero-order valence-electron chi connectivity index (χ0n) is 13.5. The first-order valence-corrected chi connectivity index (χ1v) is 8.78. The second-order valence-corrected chi connectivity index (χ2v) is 7.81. The number of amides is 2. The molecule has 0 bridgehead atoms. The first-order chi connectivity index (χ1) is 12.8. The molecule has 0 saturated heterocycles. The Morgan fingerprint density at radius 3 is 2.44 bits per heavy atom. The molecule has 0 saturated carbocycles. The van der Waals surface area contributed by atoms with Crippen LogP contribution in [-0.2, 0) is 9.63 Å². The normalized spacial score (nSPS) is 17.7. The van der Waals surface area contributed by atoms with Gasteiger partial charge in [-0.25, -0.2) is 4.84 Å². The van der Waals surface area contributed by atoms with Crippen LogP contribution < -0.4 is 15.1 Å². The number of nitrogens with one attached hydrogen (secondary N) is 1. The van der Waals surface area contributed by atoms with Gasteiger partial charge in [0.05, 0.1) is 0 Å². The fraction of sp³-hybridized carbons (Fsp3) is 0.176. The van der Waals surface area contributed by atoms with Crippen LogP contribution in [0.2, 0.25) is 0 Å². The van der Waals surface area contributed by atoms with Crippen molar-refractivity contribution < 1.29 is 24.3 Å². The molecule has 1 aliphatic heterocycles. The number of para-hydroxylation sites is 2. The van der Waals surface area contributed by atoms with Gasteiger partial charge in [0, 0.05) is 5.56 Å². The number of hydrogen-bond donors (Lipinski definition) is 2. The summed E-state index contributed by atoms with van der Waals surface area (Å²) in [7, 11) is 0. The number of carbonyl (C=O) groups is 2. The molecule has 10 heteroatoms. The quantitative estimate of drug-likeness (QED) is 0.574. The molecule has 0 unspecified atom stereocenters. The molecule has 0 fully saturated rings. The Hall–Kier alpha value is -2.03. The molecule has 0 spiro atoms. The molecular weight excluding hydrogens is 419 g/mol. The maximum Gasteiger partial charge on any atom is 0.320 e. The number of benzene rings is 2. The zero-order chi connectivity index (χ0) is 19.6. The fourth-order valence-corrected chi connectivity index (χ4v) is 2.57. The summed E-state index contributed by atoms with van der Waals surface area (Å²) in [5.74, 6) is -1.34. The van der Waals surface area contributed by atoms with Gasteiger partial charge in [-0.05, 0) is 24.3 Å². The summed E-state index contributed by atoms with van der Waals surface area (Å²) in [5, 5.41) is 12.9. The van der Waals surface area contributed by atoms with Crippen LogP contribution in [0.4, 0.5) is 5.69 Å². The summed E-state index contributed by atoms with van der Waals surface area (Å²) in [4.78, 5) is 30.2. The summed E-state index contributed by atoms with van der Waals surface area (Å²) < 4.78 is 2.97. The number of anilines is 1. The highest BCUT2D eigenvalue weighted by molar-refractivity contribution is 6.68. The molecule has 2 atom stereocenters. The summed E-state index contributed by atoms with van der Waals surface area (Å²) in [5.41, 5.74) is 0.482. The highest BCUT2D eigenvalue weighted by Gasteiger charge is 2.42. The Labute approximate surface area is 169 Å². The van der Waals surface area contributed by atoms with E-state index in [9.17, 15) is 14.7 Å². The number of alkyl halides is 3. The first-order valence-electron chi connectivity index (χ1n) is 7.64. The fourth-order valence-electron chi connectivity index (χ4n) is 2.29. The van der Waals surface area contributed by atoms with E-state index >= 15 is 0 Å². The Morgan fingerprint density at radius 1 is 1.15 bits per heavy atom. The van der Waals surface area contributed by atoms with Crippen LogP contribution in [0.3, 0.4) is 0 Å². The smallest absolute Gasteiger partial charge is 0.320 e. The van der Waals surface area contributed by atoms with E-state index in [2.05, 4.69) is 5.32 Å². The van der Waals surface area contributed by atoms with E-state index in [1.165, 1.54) is 12.1 Å². The Bertz CT molecular complexity index is 844. The van der Waals surface area contributed by atoms with E-state index in [-0.39, 0.29) is 11.4 Å². The predicted octanol–water partition coefficient (Wildman–Crippen LogP) is 2.79. The third-order valence-electron chi connectivity index (χ3n) is 3.54. The van der Waals surface area contributed by atoms with Gasteiger partial charge in [0.15, 0.2) is 0 Å². The maximum atomic E-state index is 12.4. The van der Waals surface area contributed by atoms with Gasteiger partial charge < -0.3 is 15.2 Å². The number of aliphatic hydroxyl groups is 1. The van der Waals surface area contributed by atoms with Crippen LogP contribution in [-0.4, -0.2) is 33.2 Å². The van der Waals surface area contributed by atoms with E-state index in [1.54, 1.807) is 42.5 Å². The lowest BCUT2D eigenvalue weighted by molar-refractivity contribution is -0.154. The van der Waals surface area contributed by atoms with Gasteiger partial charge in [-0.15, -0.1) is 0 Å². The largest absolute Gasteiger partial charge is 0.453 e. The molecule has 2 aromatic carbocycles. The van der Waals surface area contributed by atoms with E-state index in [1.807, 2.05) is 0 Å². The van der Waals surface area contributed by atoms with Crippen LogP contribution in [0.15, 0.2) is 54.6 Å². The van der Waals surface area contributed by atoms with Gasteiger partial charge in [-0.3, -0.25) is 9.59 Å². The number of rotatable bonds is 4. The van der Waals surface area contributed by atoms with Crippen LogP contribution in [0.5, 0.6) is 5.75 Å². The maximum absolute atomic E-state index is 12.4. The van der Waals surface area contributed by atoms with Crippen molar-refractivity contribution in [2.24, 2.45) is 0 Å². The van der Waals surface area contributed by atoms with E-state index in [0.717, 1.165) is 5.06 Å². The van der Waals surface area contributed by atoms with Crippen LogP contribution in [0.1, 0.15) is 10.4 Å². The summed E-state index contributed by atoms with van der Waals surface area (Å²) in [6, 6.07) is 14.5. The lowest BCUT2D eigenvalue weighted by Gasteiger charge is -2.35. The van der Waals surface area contributed by atoms with Crippen molar-refractivity contribution in [3.05, 3.63) is 60.2 Å². The van der Waals surface area contributed by atoms with Crippen LogP contribution >= 0.6 is 34.8 Å². The monoisotopic (exact) mass is 430 g/mol. The van der Waals surface area contributed by atoms with Gasteiger partial charge in [0.1, 0.15) is 11.4 Å². The number of hydrogen-bond acceptors (Lipinski definition) is 5. The molecule has 2 N–H and O–H groups in total. The van der Waals surface area contributed by atoms with Crippen molar-refractivity contribution in [2.75, 3.05) is 5.06 Å². The zero-order valence-corrected chi connectivity index (χ0v) is 15.8. The Kier molecular flexibility index (Phi) is 5.78. The molecule has 2 aromatic rings. The van der Waals surface area contributed by atoms with Gasteiger partial charge in [0.2, 0.25) is 10.0 Å². The van der Waals surface area contributed by atoms with Crippen molar-refractivity contribution in [3.8, 4) is 5.75 Å². The summed E-state index contributed by atoms with van der Waals surface area (Å²) in [6.45, 7) is 0. The van der Waals surface area contributed by atoms with Crippen molar-refractivity contribution in [2.45, 2.75) is 16.3 Å². The Morgan fingerprint density at radius 2 is 1.78 bits per heavy atom. The first kappa shape index (κ1) is 19.7. The van der Waals surface area contributed by atoms with E-state index in [4.69, 9.17) is 44.4 Å². The molecule has 142 valence electrons. The average Bonchev–Trinajstić information content (AvgIpc) is 2.64. The minimum Gasteiger partial charge on any atom is -0.453 e. The highest BCUT2D eigenvalue weighted by Crippen LogP contribution is 2.37. The molecule has 0 radical (unpaired) electrons.